The largest absolute Gasteiger partial charge is 0.349 e. The van der Waals surface area contributed by atoms with Gasteiger partial charge in [0.2, 0.25) is 0 Å². The average molecular weight is 428 g/mol. The lowest BCUT2D eigenvalue weighted by molar-refractivity contribution is -0.281. The van der Waals surface area contributed by atoms with Crippen LogP contribution in [0.3, 0.4) is 0 Å². The third-order valence-corrected chi connectivity index (χ3v) is 6.13. The normalized spacial score (nSPS) is 36.9. The highest BCUT2D eigenvalue weighted by molar-refractivity contribution is 6.83. The maximum atomic E-state index is 11.2. The quantitative estimate of drug-likeness (QED) is 0.420. The molecular formula is C21H37NO6Si. The van der Waals surface area contributed by atoms with E-state index in [1.54, 1.807) is 0 Å². The molecule has 3 fully saturated rings. The summed E-state index contributed by atoms with van der Waals surface area (Å²) in [4.78, 5) is 0. The minimum absolute atomic E-state index is 0.116. The number of nitrogens with zero attached hydrogens (tertiary/aromatic N) is 1. The second-order valence-corrected chi connectivity index (χ2v) is 15.3. The maximum absolute atomic E-state index is 11.2. The Morgan fingerprint density at radius 3 is 2.10 bits per heavy atom. The zero-order valence-corrected chi connectivity index (χ0v) is 20.2. The van der Waals surface area contributed by atoms with Gasteiger partial charge in [-0.25, -0.2) is 0 Å². The van der Waals surface area contributed by atoms with Crippen molar-refractivity contribution in [3.8, 4) is 11.5 Å². The molecule has 166 valence electrons. The molecule has 0 saturated carbocycles. The van der Waals surface area contributed by atoms with Crippen molar-refractivity contribution < 1.29 is 28.9 Å². The van der Waals surface area contributed by atoms with Gasteiger partial charge in [-0.1, -0.05) is 39.4 Å². The number of hydroxylamine groups is 2. The van der Waals surface area contributed by atoms with Crippen LogP contribution in [0, 0.1) is 17.4 Å². The molecule has 0 aromatic carbocycles. The van der Waals surface area contributed by atoms with Crippen LogP contribution in [0.25, 0.3) is 0 Å². The molecule has 3 rings (SSSR count). The molecular weight excluding hydrogens is 390 g/mol. The van der Waals surface area contributed by atoms with Gasteiger partial charge < -0.3 is 28.9 Å². The van der Waals surface area contributed by atoms with Gasteiger partial charge in [-0.2, -0.15) is 0 Å². The Morgan fingerprint density at radius 1 is 0.966 bits per heavy atom. The molecule has 0 aromatic rings. The highest BCUT2D eigenvalue weighted by Gasteiger charge is 2.60. The zero-order chi connectivity index (χ0) is 21.8. The molecule has 3 saturated heterocycles. The highest BCUT2D eigenvalue weighted by Crippen LogP contribution is 2.43. The van der Waals surface area contributed by atoms with Crippen molar-refractivity contribution in [3.05, 3.63) is 0 Å². The lowest BCUT2D eigenvalue weighted by atomic mass is 10.0. The minimum atomic E-state index is -1.58. The highest BCUT2D eigenvalue weighted by atomic mass is 28.3. The topological polar surface area (TPSA) is 69.6 Å². The summed E-state index contributed by atoms with van der Waals surface area (Å²) in [5.41, 5.74) is 3.38. The van der Waals surface area contributed by atoms with Crippen LogP contribution >= 0.6 is 0 Å². The molecule has 0 bridgehead atoms. The predicted molar refractivity (Wildman–Crippen MR) is 111 cm³/mol. The summed E-state index contributed by atoms with van der Waals surface area (Å²) in [6.07, 6.45) is -2.19. The molecule has 3 heterocycles. The molecule has 1 N–H and O–H groups in total. The number of ether oxygens (including phenoxy) is 5. The van der Waals surface area contributed by atoms with Gasteiger partial charge in [0.15, 0.2) is 17.8 Å². The predicted octanol–water partition coefficient (Wildman–Crippen LogP) is 2.98. The van der Waals surface area contributed by atoms with Crippen LogP contribution in [0.4, 0.5) is 0 Å². The van der Waals surface area contributed by atoms with E-state index in [0.717, 1.165) is 0 Å². The van der Waals surface area contributed by atoms with Gasteiger partial charge in [-0.3, -0.25) is 0 Å². The molecule has 7 nitrogen and oxygen atoms in total. The fourth-order valence-corrected chi connectivity index (χ4v) is 4.56. The summed E-state index contributed by atoms with van der Waals surface area (Å²) in [5.74, 6) is 1.98. The third-order valence-electron chi connectivity index (χ3n) is 5.23. The molecule has 0 aliphatic carbocycles. The smallest absolute Gasteiger partial charge is 0.164 e. The fourth-order valence-electron chi connectivity index (χ4n) is 3.98. The zero-order valence-electron chi connectivity index (χ0n) is 19.2. The van der Waals surface area contributed by atoms with E-state index in [0.29, 0.717) is 6.61 Å². The first kappa shape index (κ1) is 23.2. The molecule has 0 aromatic heterocycles. The molecule has 29 heavy (non-hydrogen) atoms. The van der Waals surface area contributed by atoms with E-state index in [4.69, 9.17) is 23.7 Å². The van der Waals surface area contributed by atoms with Crippen molar-refractivity contribution in [1.29, 1.82) is 0 Å². The van der Waals surface area contributed by atoms with Crippen molar-refractivity contribution in [2.45, 2.75) is 109 Å². The molecule has 0 radical (unpaired) electrons. The molecule has 6 atom stereocenters. The second-order valence-electron chi connectivity index (χ2n) is 10.5. The Morgan fingerprint density at radius 2 is 1.59 bits per heavy atom. The van der Waals surface area contributed by atoms with E-state index in [1.807, 2.05) is 41.5 Å². The van der Waals surface area contributed by atoms with E-state index in [-0.39, 0.29) is 24.2 Å². The molecule has 2 unspecified atom stereocenters. The Kier molecular flexibility index (Phi) is 6.29. The van der Waals surface area contributed by atoms with Crippen molar-refractivity contribution in [2.75, 3.05) is 6.61 Å². The number of rotatable bonds is 4. The summed E-state index contributed by atoms with van der Waals surface area (Å²) >= 11 is 0. The maximum Gasteiger partial charge on any atom is 0.164 e. The Hall–Kier alpha value is -0.503. The lowest BCUT2D eigenvalue weighted by Gasteiger charge is -2.33. The van der Waals surface area contributed by atoms with Crippen LogP contribution < -0.4 is 0 Å². The average Bonchev–Trinajstić information content (AvgIpc) is 3.15. The van der Waals surface area contributed by atoms with Gasteiger partial charge in [0.25, 0.3) is 0 Å². The van der Waals surface area contributed by atoms with E-state index in [1.165, 1.54) is 5.06 Å². The second kappa shape index (κ2) is 7.88. The van der Waals surface area contributed by atoms with E-state index in [2.05, 4.69) is 31.1 Å². The molecule has 3 aliphatic rings. The van der Waals surface area contributed by atoms with Crippen LogP contribution in [0.2, 0.25) is 19.6 Å². The van der Waals surface area contributed by atoms with Crippen LogP contribution in [0.15, 0.2) is 0 Å². The van der Waals surface area contributed by atoms with Gasteiger partial charge in [0.05, 0.1) is 6.61 Å². The van der Waals surface area contributed by atoms with Crippen LogP contribution in [0.5, 0.6) is 0 Å². The Labute approximate surface area is 175 Å². The Bertz CT molecular complexity index is 664. The monoisotopic (exact) mass is 427 g/mol. The van der Waals surface area contributed by atoms with E-state index >= 15 is 0 Å². The summed E-state index contributed by atoms with van der Waals surface area (Å²) in [7, 11) is -1.58. The fraction of sp³-hybridized carbons (Fsp3) is 0.905. The first-order valence-corrected chi connectivity index (χ1v) is 14.0. The Balaban J connectivity index is 1.84. The minimum Gasteiger partial charge on any atom is -0.349 e. The van der Waals surface area contributed by atoms with Crippen LogP contribution in [-0.4, -0.2) is 73.2 Å². The van der Waals surface area contributed by atoms with E-state index in [9.17, 15) is 5.21 Å². The molecule has 3 aliphatic heterocycles. The lowest BCUT2D eigenvalue weighted by Crippen LogP contribution is -2.49. The van der Waals surface area contributed by atoms with Gasteiger partial charge in [-0.15, -0.1) is 10.6 Å². The first-order valence-electron chi connectivity index (χ1n) is 10.5. The van der Waals surface area contributed by atoms with Crippen molar-refractivity contribution in [3.63, 3.8) is 0 Å². The number of fused-ring (bicyclic) bond motifs is 1. The third kappa shape index (κ3) is 5.22. The summed E-state index contributed by atoms with van der Waals surface area (Å²) in [6.45, 7) is 18.6. The van der Waals surface area contributed by atoms with Crippen LogP contribution in [0.1, 0.15) is 41.5 Å². The summed E-state index contributed by atoms with van der Waals surface area (Å²) in [5, 5.41) is 12.4. The van der Waals surface area contributed by atoms with Crippen molar-refractivity contribution in [2.24, 2.45) is 5.92 Å². The molecule has 0 amide bonds. The SMILES string of the molecule is CC(C)C(C#C[Si](C)(C)C)N(O)C1O[C@H]([C@H]2COC(C)(C)O2)[C@@H]2OC(C)(C)O[C@H]12. The van der Waals surface area contributed by atoms with Crippen molar-refractivity contribution >= 4 is 8.07 Å². The van der Waals surface area contributed by atoms with E-state index < -0.39 is 38.1 Å². The van der Waals surface area contributed by atoms with Gasteiger partial charge >= 0.3 is 0 Å². The first-order chi connectivity index (χ1) is 13.2. The van der Waals surface area contributed by atoms with Crippen molar-refractivity contribution in [1.82, 2.24) is 5.06 Å². The van der Waals surface area contributed by atoms with Gasteiger partial charge in [0.1, 0.15) is 38.5 Å². The van der Waals surface area contributed by atoms with Gasteiger partial charge in [0, 0.05) is 0 Å². The number of hydrogen-bond donors (Lipinski definition) is 1. The summed E-state index contributed by atoms with van der Waals surface area (Å²) in [6, 6.07) is -0.365. The van der Waals surface area contributed by atoms with Gasteiger partial charge in [-0.05, 0) is 33.6 Å². The van der Waals surface area contributed by atoms with Crippen LogP contribution in [-0.2, 0) is 23.7 Å². The molecule has 8 heteroatoms. The summed E-state index contributed by atoms with van der Waals surface area (Å²) < 4.78 is 30.3. The number of hydrogen-bond acceptors (Lipinski definition) is 7. The molecule has 0 spiro atoms. The standard InChI is InChI=1S/C21H37NO6Si/c1-13(2)14(10-11-29(7,8)9)22(23)19-18-17(27-21(5,6)28-18)16(25-19)15-12-24-20(3,4)26-15/h13-19,23H,12H2,1-9H3/t14?,15-,16-,17+,18+,19?/m1/s1.